The summed E-state index contributed by atoms with van der Waals surface area (Å²) in [5.41, 5.74) is 1.44. The van der Waals surface area contributed by atoms with Gasteiger partial charge in [-0.05, 0) is 43.4 Å². The van der Waals surface area contributed by atoms with E-state index in [1.54, 1.807) is 25.1 Å². The first-order valence-corrected chi connectivity index (χ1v) is 6.28. The molecular formula is C14H22O4. The van der Waals surface area contributed by atoms with Crippen LogP contribution in [0.15, 0.2) is 18.2 Å². The Morgan fingerprint density at radius 2 is 1.89 bits per heavy atom. The molecule has 3 atom stereocenters. The van der Waals surface area contributed by atoms with Crippen molar-refractivity contribution in [1.29, 1.82) is 0 Å². The Labute approximate surface area is 108 Å². The predicted molar refractivity (Wildman–Crippen MR) is 69.4 cm³/mol. The summed E-state index contributed by atoms with van der Waals surface area (Å²) in [6.45, 7) is 3.35. The number of aliphatic hydroxyl groups is 3. The normalized spacial score (nSPS) is 16.3. The molecule has 0 radical (unpaired) electrons. The number of phenols is 1. The molecule has 0 spiro atoms. The molecule has 1 rings (SSSR count). The van der Waals surface area contributed by atoms with Crippen molar-refractivity contribution in [1.82, 2.24) is 0 Å². The fourth-order valence-electron chi connectivity index (χ4n) is 2.01. The van der Waals surface area contributed by atoms with E-state index in [2.05, 4.69) is 0 Å². The third-order valence-corrected chi connectivity index (χ3v) is 3.32. The average molecular weight is 254 g/mol. The summed E-state index contributed by atoms with van der Waals surface area (Å²) in [5, 5.41) is 37.7. The third kappa shape index (κ3) is 3.70. The minimum Gasteiger partial charge on any atom is -0.508 e. The van der Waals surface area contributed by atoms with Crippen LogP contribution in [-0.2, 0) is 6.61 Å². The summed E-state index contributed by atoms with van der Waals surface area (Å²) < 4.78 is 0. The molecule has 0 saturated heterocycles. The molecule has 0 aliphatic heterocycles. The van der Waals surface area contributed by atoms with E-state index >= 15 is 0 Å². The van der Waals surface area contributed by atoms with E-state index in [0.29, 0.717) is 12.0 Å². The summed E-state index contributed by atoms with van der Waals surface area (Å²) in [6.07, 6.45) is -0.238. The van der Waals surface area contributed by atoms with Crippen LogP contribution < -0.4 is 0 Å². The molecule has 0 bridgehead atoms. The van der Waals surface area contributed by atoms with Gasteiger partial charge >= 0.3 is 0 Å². The highest BCUT2D eigenvalue weighted by molar-refractivity contribution is 5.37. The van der Waals surface area contributed by atoms with Crippen molar-refractivity contribution in [3.8, 4) is 5.75 Å². The van der Waals surface area contributed by atoms with Gasteiger partial charge in [0.15, 0.2) is 0 Å². The number of hydrogen-bond acceptors (Lipinski definition) is 4. The maximum atomic E-state index is 9.72. The molecule has 4 nitrogen and oxygen atoms in total. The van der Waals surface area contributed by atoms with E-state index in [1.807, 2.05) is 6.92 Å². The Balaban J connectivity index is 2.88. The van der Waals surface area contributed by atoms with E-state index in [0.717, 1.165) is 12.0 Å². The molecule has 102 valence electrons. The summed E-state index contributed by atoms with van der Waals surface area (Å²) in [4.78, 5) is 0. The molecule has 0 aliphatic carbocycles. The fraction of sp³-hybridized carbons (Fsp3) is 0.571. The number of rotatable bonds is 6. The topological polar surface area (TPSA) is 80.9 Å². The summed E-state index contributed by atoms with van der Waals surface area (Å²) >= 11 is 0. The third-order valence-electron chi connectivity index (χ3n) is 3.32. The maximum absolute atomic E-state index is 9.72. The molecule has 3 unspecified atom stereocenters. The molecule has 0 amide bonds. The predicted octanol–water partition coefficient (Wildman–Crippen LogP) is 1.51. The van der Waals surface area contributed by atoms with Gasteiger partial charge in [-0.3, -0.25) is 0 Å². The molecule has 0 saturated carbocycles. The van der Waals surface area contributed by atoms with Crippen LogP contribution in [0.4, 0.5) is 0 Å². The lowest BCUT2D eigenvalue weighted by molar-refractivity contribution is 0.0215. The van der Waals surface area contributed by atoms with Gasteiger partial charge in [0.25, 0.3) is 0 Å². The van der Waals surface area contributed by atoms with E-state index in [4.69, 9.17) is 5.11 Å². The first-order chi connectivity index (χ1) is 8.49. The number of benzene rings is 1. The van der Waals surface area contributed by atoms with E-state index in [-0.39, 0.29) is 18.3 Å². The van der Waals surface area contributed by atoms with Gasteiger partial charge in [0.1, 0.15) is 5.75 Å². The highest BCUT2D eigenvalue weighted by atomic mass is 16.3. The number of aliphatic hydroxyl groups excluding tert-OH is 3. The van der Waals surface area contributed by atoms with Crippen LogP contribution in [0.25, 0.3) is 0 Å². The second kappa shape index (κ2) is 6.73. The van der Waals surface area contributed by atoms with Gasteiger partial charge in [-0.1, -0.05) is 13.0 Å². The summed E-state index contributed by atoms with van der Waals surface area (Å²) in [7, 11) is 0. The van der Waals surface area contributed by atoms with Crippen molar-refractivity contribution >= 4 is 0 Å². The van der Waals surface area contributed by atoms with Crippen LogP contribution in [0.3, 0.4) is 0 Å². The molecule has 4 heteroatoms. The Kier molecular flexibility index (Phi) is 5.59. The standard InChI is InChI=1S/C14H22O4/c1-3-10(7-14(18)9(2)16)11-4-5-13(17)12(6-11)8-15/h4-6,9-10,14-18H,3,7-8H2,1-2H3. The zero-order valence-corrected chi connectivity index (χ0v) is 10.9. The van der Waals surface area contributed by atoms with E-state index < -0.39 is 12.2 Å². The van der Waals surface area contributed by atoms with Crippen LogP contribution in [0, 0.1) is 0 Å². The number of aromatic hydroxyl groups is 1. The van der Waals surface area contributed by atoms with Crippen molar-refractivity contribution < 1.29 is 20.4 Å². The summed E-state index contributed by atoms with van der Waals surface area (Å²) in [5.74, 6) is 0.174. The smallest absolute Gasteiger partial charge is 0.121 e. The zero-order valence-electron chi connectivity index (χ0n) is 10.9. The highest BCUT2D eigenvalue weighted by Gasteiger charge is 2.19. The second-order valence-corrected chi connectivity index (χ2v) is 4.70. The van der Waals surface area contributed by atoms with Crippen LogP contribution in [-0.4, -0.2) is 32.6 Å². The van der Waals surface area contributed by atoms with E-state index in [9.17, 15) is 15.3 Å². The van der Waals surface area contributed by atoms with Crippen molar-refractivity contribution in [2.75, 3.05) is 0 Å². The maximum Gasteiger partial charge on any atom is 0.121 e. The molecule has 4 N–H and O–H groups in total. The van der Waals surface area contributed by atoms with Gasteiger partial charge in [0.2, 0.25) is 0 Å². The van der Waals surface area contributed by atoms with Gasteiger partial charge in [-0.25, -0.2) is 0 Å². The summed E-state index contributed by atoms with van der Waals surface area (Å²) in [6, 6.07) is 5.09. The minimum atomic E-state index is -0.763. The Bertz CT molecular complexity index is 376. The minimum absolute atomic E-state index is 0.0761. The van der Waals surface area contributed by atoms with Crippen LogP contribution in [0.2, 0.25) is 0 Å². The molecule has 18 heavy (non-hydrogen) atoms. The first-order valence-electron chi connectivity index (χ1n) is 6.28. The van der Waals surface area contributed by atoms with Crippen molar-refractivity contribution in [3.63, 3.8) is 0 Å². The SMILES string of the molecule is CCC(CC(O)C(C)O)c1ccc(O)c(CO)c1. The van der Waals surface area contributed by atoms with Gasteiger partial charge in [0.05, 0.1) is 18.8 Å². The fourth-order valence-corrected chi connectivity index (χ4v) is 2.01. The Morgan fingerprint density at radius 3 is 2.39 bits per heavy atom. The molecule has 0 aromatic heterocycles. The first kappa shape index (κ1) is 15.0. The average Bonchev–Trinajstić information content (AvgIpc) is 2.36. The molecular weight excluding hydrogens is 232 g/mol. The van der Waals surface area contributed by atoms with Crippen LogP contribution in [0.1, 0.15) is 43.7 Å². The quantitative estimate of drug-likeness (QED) is 0.620. The Morgan fingerprint density at radius 1 is 1.22 bits per heavy atom. The molecule has 1 aromatic rings. The van der Waals surface area contributed by atoms with Crippen molar-refractivity contribution in [2.24, 2.45) is 0 Å². The van der Waals surface area contributed by atoms with Crippen molar-refractivity contribution in [3.05, 3.63) is 29.3 Å². The largest absolute Gasteiger partial charge is 0.508 e. The van der Waals surface area contributed by atoms with Gasteiger partial charge in [-0.15, -0.1) is 0 Å². The molecule has 0 aliphatic rings. The lowest BCUT2D eigenvalue weighted by Crippen LogP contribution is -2.24. The molecule has 1 aromatic carbocycles. The van der Waals surface area contributed by atoms with Gasteiger partial charge in [-0.2, -0.15) is 0 Å². The lowest BCUT2D eigenvalue weighted by Gasteiger charge is -2.21. The second-order valence-electron chi connectivity index (χ2n) is 4.70. The van der Waals surface area contributed by atoms with E-state index in [1.165, 1.54) is 0 Å². The Hall–Kier alpha value is -1.10. The van der Waals surface area contributed by atoms with Crippen molar-refractivity contribution in [2.45, 2.75) is 51.4 Å². The van der Waals surface area contributed by atoms with Crippen LogP contribution >= 0.6 is 0 Å². The monoisotopic (exact) mass is 254 g/mol. The zero-order chi connectivity index (χ0) is 13.7. The molecule has 0 fully saturated rings. The van der Waals surface area contributed by atoms with Gasteiger partial charge in [0, 0.05) is 5.56 Å². The van der Waals surface area contributed by atoms with Gasteiger partial charge < -0.3 is 20.4 Å². The lowest BCUT2D eigenvalue weighted by atomic mass is 9.88. The number of hydrogen-bond donors (Lipinski definition) is 4. The van der Waals surface area contributed by atoms with Crippen LogP contribution in [0.5, 0.6) is 5.75 Å². The molecule has 0 heterocycles. The highest BCUT2D eigenvalue weighted by Crippen LogP contribution is 2.29.